The molecule has 2 heterocycles. The largest absolute Gasteiger partial charge is 0.348 e. The Bertz CT molecular complexity index is 762. The summed E-state index contributed by atoms with van der Waals surface area (Å²) in [5.74, 6) is -0.00465. The SMILES string of the molecule is Cc1ccccc1-n1ncc(C(=O)N[C@H]2CCN(C3CC3)C2)c1C. The molecule has 1 aromatic carbocycles. The van der Waals surface area contributed by atoms with Gasteiger partial charge in [0, 0.05) is 25.2 Å². The van der Waals surface area contributed by atoms with Crippen LogP contribution in [0.15, 0.2) is 30.5 Å². The number of likely N-dealkylation sites (tertiary alicyclic amines) is 1. The Morgan fingerprint density at radius 3 is 2.75 bits per heavy atom. The molecule has 1 saturated heterocycles. The van der Waals surface area contributed by atoms with Gasteiger partial charge in [-0.2, -0.15) is 5.10 Å². The fourth-order valence-electron chi connectivity index (χ4n) is 3.62. The number of nitrogens with zero attached hydrogens (tertiary/aromatic N) is 3. The van der Waals surface area contributed by atoms with E-state index in [4.69, 9.17) is 0 Å². The fraction of sp³-hybridized carbons (Fsp3) is 0.474. The average molecular weight is 324 g/mol. The van der Waals surface area contributed by atoms with Crippen LogP contribution >= 0.6 is 0 Å². The van der Waals surface area contributed by atoms with Crippen LogP contribution < -0.4 is 5.32 Å². The summed E-state index contributed by atoms with van der Waals surface area (Å²) in [5, 5.41) is 7.64. The van der Waals surface area contributed by atoms with Crippen LogP contribution in [-0.4, -0.2) is 45.8 Å². The second-order valence-corrected chi connectivity index (χ2v) is 7.03. The highest BCUT2D eigenvalue weighted by atomic mass is 16.1. The van der Waals surface area contributed by atoms with Gasteiger partial charge in [0.2, 0.25) is 0 Å². The lowest BCUT2D eigenvalue weighted by molar-refractivity contribution is 0.0937. The number of aryl methyl sites for hydroxylation is 1. The molecule has 24 heavy (non-hydrogen) atoms. The van der Waals surface area contributed by atoms with Crippen LogP contribution in [-0.2, 0) is 0 Å². The third kappa shape index (κ3) is 2.84. The van der Waals surface area contributed by atoms with E-state index in [1.165, 1.54) is 12.8 Å². The number of para-hydroxylation sites is 1. The predicted molar refractivity (Wildman–Crippen MR) is 93.5 cm³/mol. The van der Waals surface area contributed by atoms with Crippen molar-refractivity contribution in [3.8, 4) is 5.69 Å². The molecule has 2 aromatic rings. The number of carbonyl (C=O) groups excluding carboxylic acids is 1. The summed E-state index contributed by atoms with van der Waals surface area (Å²) in [6, 6.07) is 9.13. The molecule has 5 heteroatoms. The van der Waals surface area contributed by atoms with Gasteiger partial charge in [-0.3, -0.25) is 9.69 Å². The molecular weight excluding hydrogens is 300 g/mol. The second-order valence-electron chi connectivity index (χ2n) is 7.03. The van der Waals surface area contributed by atoms with Crippen molar-refractivity contribution in [1.82, 2.24) is 20.0 Å². The first-order chi connectivity index (χ1) is 11.6. The minimum atomic E-state index is -0.00465. The highest BCUT2D eigenvalue weighted by Crippen LogP contribution is 2.29. The van der Waals surface area contributed by atoms with Crippen molar-refractivity contribution in [2.45, 2.75) is 45.2 Å². The Kier molecular flexibility index (Phi) is 3.88. The second kappa shape index (κ2) is 6.06. The first kappa shape index (κ1) is 15.4. The van der Waals surface area contributed by atoms with Crippen molar-refractivity contribution >= 4 is 5.91 Å². The minimum absolute atomic E-state index is 0.00465. The Hall–Kier alpha value is -2.14. The van der Waals surface area contributed by atoms with Gasteiger partial charge in [-0.05, 0) is 44.7 Å². The molecule has 1 aliphatic heterocycles. The van der Waals surface area contributed by atoms with Gasteiger partial charge < -0.3 is 5.32 Å². The maximum atomic E-state index is 12.7. The molecule has 2 aliphatic rings. The van der Waals surface area contributed by atoms with E-state index in [0.717, 1.165) is 42.5 Å². The van der Waals surface area contributed by atoms with Gasteiger partial charge in [0.25, 0.3) is 5.91 Å². The molecule has 0 radical (unpaired) electrons. The molecule has 0 spiro atoms. The molecule has 4 rings (SSSR count). The molecular formula is C19H24N4O. The minimum Gasteiger partial charge on any atom is -0.348 e. The van der Waals surface area contributed by atoms with Gasteiger partial charge in [-0.1, -0.05) is 18.2 Å². The van der Waals surface area contributed by atoms with Crippen LogP contribution in [0.1, 0.15) is 40.9 Å². The molecule has 1 N–H and O–H groups in total. The smallest absolute Gasteiger partial charge is 0.255 e. The van der Waals surface area contributed by atoms with E-state index in [-0.39, 0.29) is 11.9 Å². The van der Waals surface area contributed by atoms with Crippen LogP contribution in [0, 0.1) is 13.8 Å². The lowest BCUT2D eigenvalue weighted by atomic mass is 10.2. The van der Waals surface area contributed by atoms with Crippen LogP contribution in [0.5, 0.6) is 0 Å². The lowest BCUT2D eigenvalue weighted by Gasteiger charge is -2.15. The summed E-state index contributed by atoms with van der Waals surface area (Å²) in [6.07, 6.45) is 5.38. The van der Waals surface area contributed by atoms with E-state index in [9.17, 15) is 4.79 Å². The van der Waals surface area contributed by atoms with E-state index in [1.54, 1.807) is 6.20 Å². The maximum absolute atomic E-state index is 12.7. The van der Waals surface area contributed by atoms with Crippen molar-refractivity contribution < 1.29 is 4.79 Å². The summed E-state index contributed by atoms with van der Waals surface area (Å²) in [5.41, 5.74) is 3.73. The molecule has 1 aliphatic carbocycles. The molecule has 1 amide bonds. The first-order valence-corrected chi connectivity index (χ1v) is 8.79. The van der Waals surface area contributed by atoms with Crippen LogP contribution in [0.2, 0.25) is 0 Å². The predicted octanol–water partition coefficient (Wildman–Crippen LogP) is 2.46. The first-order valence-electron chi connectivity index (χ1n) is 8.79. The average Bonchev–Trinajstić information content (AvgIpc) is 3.20. The van der Waals surface area contributed by atoms with Gasteiger partial charge in [-0.15, -0.1) is 0 Å². The molecule has 1 atom stereocenters. The molecule has 0 unspecified atom stereocenters. The van der Waals surface area contributed by atoms with Gasteiger partial charge in [0.15, 0.2) is 0 Å². The molecule has 1 aromatic heterocycles. The van der Waals surface area contributed by atoms with Gasteiger partial charge >= 0.3 is 0 Å². The zero-order chi connectivity index (χ0) is 16.7. The molecule has 2 fully saturated rings. The number of amides is 1. The normalized spacial score (nSPS) is 21.2. The zero-order valence-electron chi connectivity index (χ0n) is 14.3. The quantitative estimate of drug-likeness (QED) is 0.940. The van der Waals surface area contributed by atoms with Crippen molar-refractivity contribution in [2.75, 3.05) is 13.1 Å². The third-order valence-electron chi connectivity index (χ3n) is 5.22. The number of hydrogen-bond acceptors (Lipinski definition) is 3. The molecule has 1 saturated carbocycles. The zero-order valence-corrected chi connectivity index (χ0v) is 14.3. The van der Waals surface area contributed by atoms with E-state index in [1.807, 2.05) is 29.8 Å². The number of carbonyl (C=O) groups is 1. The topological polar surface area (TPSA) is 50.2 Å². The van der Waals surface area contributed by atoms with Crippen LogP contribution in [0.25, 0.3) is 5.69 Å². The van der Waals surface area contributed by atoms with Crippen molar-refractivity contribution in [3.63, 3.8) is 0 Å². The van der Waals surface area contributed by atoms with Crippen LogP contribution in [0.4, 0.5) is 0 Å². The number of benzene rings is 1. The van der Waals surface area contributed by atoms with Gasteiger partial charge in [0.05, 0.1) is 23.1 Å². The Labute approximate surface area is 142 Å². The Morgan fingerprint density at radius 2 is 2.00 bits per heavy atom. The number of nitrogens with one attached hydrogen (secondary N) is 1. The summed E-state index contributed by atoms with van der Waals surface area (Å²) >= 11 is 0. The third-order valence-corrected chi connectivity index (χ3v) is 5.22. The molecule has 0 bridgehead atoms. The highest BCUT2D eigenvalue weighted by molar-refractivity contribution is 5.95. The molecule has 126 valence electrons. The number of hydrogen-bond donors (Lipinski definition) is 1. The lowest BCUT2D eigenvalue weighted by Crippen LogP contribution is -2.37. The fourth-order valence-corrected chi connectivity index (χ4v) is 3.62. The summed E-state index contributed by atoms with van der Waals surface area (Å²) < 4.78 is 1.86. The highest BCUT2D eigenvalue weighted by Gasteiger charge is 2.35. The summed E-state index contributed by atoms with van der Waals surface area (Å²) in [4.78, 5) is 15.2. The maximum Gasteiger partial charge on any atom is 0.255 e. The van der Waals surface area contributed by atoms with Crippen molar-refractivity contribution in [3.05, 3.63) is 47.3 Å². The van der Waals surface area contributed by atoms with E-state index in [2.05, 4.69) is 28.3 Å². The van der Waals surface area contributed by atoms with Crippen LogP contribution in [0.3, 0.4) is 0 Å². The van der Waals surface area contributed by atoms with Gasteiger partial charge in [-0.25, -0.2) is 4.68 Å². The van der Waals surface area contributed by atoms with E-state index < -0.39 is 0 Å². The Balaban J connectivity index is 1.48. The van der Waals surface area contributed by atoms with Crippen molar-refractivity contribution in [1.29, 1.82) is 0 Å². The van der Waals surface area contributed by atoms with E-state index >= 15 is 0 Å². The van der Waals surface area contributed by atoms with Gasteiger partial charge in [0.1, 0.15) is 0 Å². The van der Waals surface area contributed by atoms with Crippen molar-refractivity contribution in [2.24, 2.45) is 0 Å². The standard InChI is InChI=1S/C19H24N4O/c1-13-5-3-4-6-18(13)23-14(2)17(11-20-23)19(24)21-15-9-10-22(12-15)16-7-8-16/h3-6,11,15-16H,7-10,12H2,1-2H3,(H,21,24)/t15-/m0/s1. The van der Waals surface area contributed by atoms with E-state index in [0.29, 0.717) is 5.56 Å². The monoisotopic (exact) mass is 324 g/mol. The summed E-state index contributed by atoms with van der Waals surface area (Å²) in [7, 11) is 0. The molecule has 5 nitrogen and oxygen atoms in total. The Morgan fingerprint density at radius 1 is 1.21 bits per heavy atom. The summed E-state index contributed by atoms with van der Waals surface area (Å²) in [6.45, 7) is 6.11. The number of aromatic nitrogens is 2. The number of rotatable bonds is 4.